The monoisotopic (exact) mass is 200 g/mol. The molecule has 0 fully saturated rings. The van der Waals surface area contributed by atoms with Crippen molar-refractivity contribution >= 4 is 21.4 Å². The molecule has 0 saturated carbocycles. The molecule has 0 amide bonds. The van der Waals surface area contributed by atoms with Gasteiger partial charge in [-0.05, 0) is 11.6 Å². The van der Waals surface area contributed by atoms with Gasteiger partial charge in [0.15, 0.2) is 9.76 Å². The van der Waals surface area contributed by atoms with Crippen LogP contribution in [0.5, 0.6) is 0 Å². The van der Waals surface area contributed by atoms with E-state index < -0.39 is 0 Å². The minimum Gasteiger partial charge on any atom is -0.420 e. The van der Waals surface area contributed by atoms with E-state index in [9.17, 15) is 0 Å². The number of hydrogen-bond acceptors (Lipinski definition) is 1. The quantitative estimate of drug-likeness (QED) is 0.401. The molecule has 3 heteroatoms. The maximum Gasteiger partial charge on any atom is 0.163 e. The van der Waals surface area contributed by atoms with Crippen molar-refractivity contribution in [1.82, 2.24) is 0 Å². The second-order valence-corrected chi connectivity index (χ2v) is 4.48. The number of benzene rings is 1. The lowest BCUT2D eigenvalue weighted by molar-refractivity contribution is 0.324. The molecule has 0 spiro atoms. The Morgan fingerprint density at radius 3 is 2.67 bits per heavy atom. The van der Waals surface area contributed by atoms with Crippen LogP contribution in [0, 0.1) is 0 Å². The Labute approximate surface area is 80.6 Å². The van der Waals surface area contributed by atoms with E-state index in [-0.39, 0.29) is 9.76 Å². The lowest BCUT2D eigenvalue weighted by Crippen LogP contribution is -1.98. The van der Waals surface area contributed by atoms with Crippen LogP contribution in [0.4, 0.5) is 0 Å². The van der Waals surface area contributed by atoms with Crippen LogP contribution < -0.4 is 0 Å². The van der Waals surface area contributed by atoms with Crippen LogP contribution in [0.15, 0.2) is 30.3 Å². The van der Waals surface area contributed by atoms with Crippen LogP contribution in [0.2, 0.25) is 6.04 Å². The molecule has 1 aromatic carbocycles. The number of alkyl halides is 1. The first-order valence-corrected chi connectivity index (χ1v) is 6.22. The summed E-state index contributed by atoms with van der Waals surface area (Å²) in [5, 5.41) is 0. The summed E-state index contributed by atoms with van der Waals surface area (Å²) in [6, 6.07) is 11.3. The highest BCUT2D eigenvalue weighted by atomic mass is 35.5. The highest BCUT2D eigenvalue weighted by Gasteiger charge is 1.90. The Hall–Kier alpha value is -0.313. The van der Waals surface area contributed by atoms with Crippen LogP contribution in [-0.4, -0.2) is 15.6 Å². The molecule has 1 rings (SSSR count). The highest BCUT2D eigenvalue weighted by Crippen LogP contribution is 2.00. The van der Waals surface area contributed by atoms with Gasteiger partial charge in [0.2, 0.25) is 0 Å². The van der Waals surface area contributed by atoms with Crippen molar-refractivity contribution in [2.24, 2.45) is 0 Å². The van der Waals surface area contributed by atoms with Gasteiger partial charge in [0.25, 0.3) is 0 Å². The summed E-state index contributed by atoms with van der Waals surface area (Å²) in [4.78, 5) is 0. The molecule has 0 unspecified atom stereocenters. The van der Waals surface area contributed by atoms with E-state index in [0.29, 0.717) is 0 Å². The van der Waals surface area contributed by atoms with E-state index in [4.69, 9.17) is 16.0 Å². The lowest BCUT2D eigenvalue weighted by atomic mass is 10.2. The molecule has 0 aliphatic rings. The number of hydrogen-bond donors (Lipinski definition) is 0. The molecule has 0 aliphatic carbocycles. The summed E-state index contributed by atoms with van der Waals surface area (Å²) in [5.74, 6) is 0.737. The zero-order valence-electron chi connectivity index (χ0n) is 7.00. The second kappa shape index (κ2) is 6.23. The van der Waals surface area contributed by atoms with Gasteiger partial charge in [-0.1, -0.05) is 30.3 Å². The van der Waals surface area contributed by atoms with Gasteiger partial charge in [-0.3, -0.25) is 0 Å². The van der Waals surface area contributed by atoms with E-state index in [1.54, 1.807) is 0 Å². The maximum atomic E-state index is 5.54. The molecule has 66 valence electrons. The average Bonchev–Trinajstić information content (AvgIpc) is 2.14. The third-order valence-corrected chi connectivity index (χ3v) is 3.38. The fourth-order valence-corrected chi connectivity index (χ4v) is 1.94. The fraction of sp³-hybridized carbons (Fsp3) is 0.333. The standard InChI is InChI=1S/C9H13ClOSi/c10-6-7-12-11-8-9-4-2-1-3-5-9/h1-5H,6-8,12H2. The van der Waals surface area contributed by atoms with Gasteiger partial charge in [-0.25, -0.2) is 0 Å². The topological polar surface area (TPSA) is 9.23 Å². The summed E-state index contributed by atoms with van der Waals surface area (Å²) in [6.45, 7) is 0.754. The summed E-state index contributed by atoms with van der Waals surface area (Å²) in [7, 11) is -0.364. The molecule has 0 bridgehead atoms. The highest BCUT2D eigenvalue weighted by molar-refractivity contribution is 6.31. The molecule has 0 aromatic heterocycles. The van der Waals surface area contributed by atoms with Crippen molar-refractivity contribution in [3.05, 3.63) is 35.9 Å². The van der Waals surface area contributed by atoms with Crippen molar-refractivity contribution in [3.8, 4) is 0 Å². The zero-order valence-corrected chi connectivity index (χ0v) is 9.17. The maximum absolute atomic E-state index is 5.54. The fourth-order valence-electron chi connectivity index (χ4n) is 0.921. The zero-order chi connectivity index (χ0) is 8.65. The Bertz CT molecular complexity index is 203. The van der Waals surface area contributed by atoms with Gasteiger partial charge in [0, 0.05) is 5.88 Å². The molecule has 0 heterocycles. The molecule has 1 aromatic rings. The summed E-state index contributed by atoms with van der Waals surface area (Å²) in [5.41, 5.74) is 1.25. The molecule has 12 heavy (non-hydrogen) atoms. The average molecular weight is 201 g/mol. The van der Waals surface area contributed by atoms with Crippen molar-refractivity contribution in [2.75, 3.05) is 5.88 Å². The molecule has 1 nitrogen and oxygen atoms in total. The van der Waals surface area contributed by atoms with E-state index >= 15 is 0 Å². The molecular weight excluding hydrogens is 188 g/mol. The van der Waals surface area contributed by atoms with E-state index in [1.807, 2.05) is 18.2 Å². The first kappa shape index (κ1) is 9.77. The Balaban J connectivity index is 2.16. The van der Waals surface area contributed by atoms with Crippen LogP contribution in [0.1, 0.15) is 5.56 Å². The van der Waals surface area contributed by atoms with Gasteiger partial charge in [0.05, 0.1) is 6.61 Å². The largest absolute Gasteiger partial charge is 0.420 e. The van der Waals surface area contributed by atoms with Gasteiger partial charge >= 0.3 is 0 Å². The molecule has 0 radical (unpaired) electrons. The predicted molar refractivity (Wildman–Crippen MR) is 55.3 cm³/mol. The van der Waals surface area contributed by atoms with Gasteiger partial charge in [-0.15, -0.1) is 11.6 Å². The van der Waals surface area contributed by atoms with Crippen molar-refractivity contribution in [1.29, 1.82) is 0 Å². The summed E-state index contributed by atoms with van der Waals surface area (Å²) in [6.07, 6.45) is 0. The SMILES string of the molecule is ClCC[SiH2]OCc1ccccc1. The Morgan fingerprint density at radius 2 is 2.00 bits per heavy atom. The first-order chi connectivity index (χ1) is 5.93. The van der Waals surface area contributed by atoms with Crippen molar-refractivity contribution in [2.45, 2.75) is 12.7 Å². The minimum absolute atomic E-state index is 0.364. The number of halogens is 1. The molecular formula is C9H13ClOSi. The smallest absolute Gasteiger partial charge is 0.163 e. The summed E-state index contributed by atoms with van der Waals surface area (Å²) >= 11 is 5.54. The molecule has 0 saturated heterocycles. The van der Waals surface area contributed by atoms with Crippen LogP contribution in [0.3, 0.4) is 0 Å². The third-order valence-electron chi connectivity index (χ3n) is 1.53. The van der Waals surface area contributed by atoms with Crippen LogP contribution in [0.25, 0.3) is 0 Å². The van der Waals surface area contributed by atoms with Crippen molar-refractivity contribution in [3.63, 3.8) is 0 Å². The van der Waals surface area contributed by atoms with E-state index in [2.05, 4.69) is 12.1 Å². The molecule has 0 aliphatic heterocycles. The van der Waals surface area contributed by atoms with Crippen molar-refractivity contribution < 1.29 is 4.43 Å². The van der Waals surface area contributed by atoms with Crippen LogP contribution in [-0.2, 0) is 11.0 Å². The first-order valence-electron chi connectivity index (χ1n) is 4.11. The normalized spacial score (nSPS) is 11.1. The van der Waals surface area contributed by atoms with Gasteiger partial charge < -0.3 is 4.43 Å². The van der Waals surface area contributed by atoms with E-state index in [1.165, 1.54) is 5.56 Å². The third kappa shape index (κ3) is 3.90. The Kier molecular flexibility index (Phi) is 5.07. The van der Waals surface area contributed by atoms with Gasteiger partial charge in [-0.2, -0.15) is 0 Å². The molecule has 0 N–H and O–H groups in total. The van der Waals surface area contributed by atoms with Gasteiger partial charge in [0.1, 0.15) is 0 Å². The van der Waals surface area contributed by atoms with E-state index in [0.717, 1.165) is 18.5 Å². The lowest BCUT2D eigenvalue weighted by Gasteiger charge is -2.01. The summed E-state index contributed by atoms with van der Waals surface area (Å²) < 4.78 is 5.51. The number of rotatable bonds is 5. The predicted octanol–water partition coefficient (Wildman–Crippen LogP) is 1.94. The molecule has 0 atom stereocenters. The second-order valence-electron chi connectivity index (χ2n) is 2.58. The minimum atomic E-state index is -0.364. The Morgan fingerprint density at radius 1 is 1.25 bits per heavy atom. The van der Waals surface area contributed by atoms with Crippen LogP contribution >= 0.6 is 11.6 Å².